The third kappa shape index (κ3) is 4.94. The molecule has 0 spiro atoms. The second-order valence-electron chi connectivity index (χ2n) is 10.6. The molecule has 1 unspecified atom stereocenters. The molecule has 0 bridgehead atoms. The van der Waals surface area contributed by atoms with Crippen LogP contribution in [0, 0.1) is 11.3 Å². The van der Waals surface area contributed by atoms with Crippen LogP contribution >= 0.6 is 11.6 Å². The molecule has 1 aromatic heterocycles. The molecule has 7 nitrogen and oxygen atoms in total. The Labute approximate surface area is 240 Å². The molecule has 1 aliphatic carbocycles. The first-order valence-corrected chi connectivity index (χ1v) is 14.1. The van der Waals surface area contributed by atoms with Crippen LogP contribution in [0.15, 0.2) is 90.9 Å². The summed E-state index contributed by atoms with van der Waals surface area (Å²) in [5.74, 6) is 0. The lowest BCUT2D eigenvalue weighted by molar-refractivity contribution is 0.260. The fourth-order valence-electron chi connectivity index (χ4n) is 5.34. The number of hydrogen-bond donors (Lipinski definition) is 4. The molecule has 2 heterocycles. The van der Waals surface area contributed by atoms with E-state index in [0.29, 0.717) is 22.1 Å². The molecule has 6 rings (SSSR count). The predicted octanol–water partition coefficient (Wildman–Crippen LogP) is 5.55. The quantitative estimate of drug-likeness (QED) is 0.204. The van der Waals surface area contributed by atoms with Crippen molar-refractivity contribution >= 4 is 41.7 Å². The van der Waals surface area contributed by atoms with Gasteiger partial charge in [0.15, 0.2) is 0 Å². The largest absolute Gasteiger partial charge is 0.378 e. The van der Waals surface area contributed by atoms with Gasteiger partial charge in [0.2, 0.25) is 0 Å². The summed E-state index contributed by atoms with van der Waals surface area (Å²) >= 11 is 6.86. The average molecular weight is 548 g/mol. The Hall–Kier alpha value is -4.19. The Balaban J connectivity index is 1.44. The lowest BCUT2D eigenvalue weighted by Gasteiger charge is -2.34. The van der Waals surface area contributed by atoms with Crippen molar-refractivity contribution in [1.29, 1.82) is 5.26 Å². The fraction of sp³-hybridized carbons (Fsp3) is 0.226. The summed E-state index contributed by atoms with van der Waals surface area (Å²) in [6, 6.07) is 27.4. The molecule has 2 aliphatic rings. The molecule has 0 saturated heterocycles. The highest BCUT2D eigenvalue weighted by Crippen LogP contribution is 2.39. The number of aromatic nitrogens is 1. The van der Waals surface area contributed by atoms with Crippen LogP contribution in [0.2, 0.25) is 5.02 Å². The van der Waals surface area contributed by atoms with E-state index in [1.807, 2.05) is 48.5 Å². The maximum atomic E-state index is 10.0. The third-order valence-corrected chi connectivity index (χ3v) is 8.07. The van der Waals surface area contributed by atoms with Crippen LogP contribution in [0.5, 0.6) is 0 Å². The van der Waals surface area contributed by atoms with Gasteiger partial charge >= 0.3 is 0 Å². The van der Waals surface area contributed by atoms with Gasteiger partial charge < -0.3 is 16.1 Å². The Morgan fingerprint density at radius 3 is 2.55 bits per heavy atom. The Morgan fingerprint density at radius 1 is 1.15 bits per heavy atom. The summed E-state index contributed by atoms with van der Waals surface area (Å²) in [6.45, 7) is 2.13. The second kappa shape index (κ2) is 10.8. The van der Waals surface area contributed by atoms with Crippen molar-refractivity contribution in [1.82, 2.24) is 21.0 Å². The van der Waals surface area contributed by atoms with Gasteiger partial charge in [-0.2, -0.15) is 5.26 Å². The smallest absolute Gasteiger partial charge is 0.148 e. The van der Waals surface area contributed by atoms with Gasteiger partial charge in [0, 0.05) is 29.5 Å². The second-order valence-corrected chi connectivity index (χ2v) is 11.0. The van der Waals surface area contributed by atoms with Crippen LogP contribution < -0.4 is 21.6 Å². The van der Waals surface area contributed by atoms with E-state index in [1.54, 1.807) is 6.20 Å². The zero-order chi connectivity index (χ0) is 27.7. The van der Waals surface area contributed by atoms with Gasteiger partial charge in [0.25, 0.3) is 0 Å². The number of anilines is 2. The topological polar surface area (TPSA) is 88.0 Å². The molecular weight excluding hydrogens is 517 g/mol. The maximum Gasteiger partial charge on any atom is 0.148 e. The van der Waals surface area contributed by atoms with Crippen LogP contribution in [-0.2, 0) is 5.44 Å². The zero-order valence-electron chi connectivity index (χ0n) is 22.6. The van der Waals surface area contributed by atoms with Gasteiger partial charge in [0.05, 0.1) is 39.0 Å². The lowest BCUT2D eigenvalue weighted by Crippen LogP contribution is -2.45. The van der Waals surface area contributed by atoms with Gasteiger partial charge in [-0.25, -0.2) is 0 Å². The van der Waals surface area contributed by atoms with Crippen LogP contribution in [0.4, 0.5) is 11.4 Å². The van der Waals surface area contributed by atoms with Crippen LogP contribution in [0.1, 0.15) is 48.9 Å². The summed E-state index contributed by atoms with van der Waals surface area (Å²) in [5, 5.41) is 20.9. The van der Waals surface area contributed by atoms with Gasteiger partial charge in [-0.05, 0) is 42.5 Å². The summed E-state index contributed by atoms with van der Waals surface area (Å²) in [6.07, 6.45) is 6.95. The fourth-order valence-corrected chi connectivity index (χ4v) is 5.61. The van der Waals surface area contributed by atoms with Crippen molar-refractivity contribution in [2.45, 2.75) is 43.7 Å². The van der Waals surface area contributed by atoms with Crippen molar-refractivity contribution in [3.8, 4) is 6.07 Å². The molecule has 40 heavy (non-hydrogen) atoms. The number of nitrogens with one attached hydrogen (secondary N) is 4. The zero-order valence-corrected chi connectivity index (χ0v) is 23.3. The number of pyridine rings is 1. The number of hydrazine groups is 2. The Morgan fingerprint density at radius 2 is 1.88 bits per heavy atom. The lowest BCUT2D eigenvalue weighted by atomic mass is 9.69. The van der Waals surface area contributed by atoms with Gasteiger partial charge in [-0.1, -0.05) is 79.2 Å². The summed E-state index contributed by atoms with van der Waals surface area (Å²) in [7, 11) is 2.16. The number of benzene rings is 3. The minimum absolute atomic E-state index is 0.0243. The van der Waals surface area contributed by atoms with E-state index < -0.39 is 5.44 Å². The average Bonchev–Trinajstić information content (AvgIpc) is 3.72. The number of rotatable bonds is 9. The van der Waals surface area contributed by atoms with E-state index in [4.69, 9.17) is 11.6 Å². The SMILES string of the molecule is BC(Nc1cc(Cl)c2ncc(C#N)c(N[C@H](CC)c3ccccc3)c2c1)(C1=CN(C2CC2)NN1)c1ccccc1. The number of nitriles is 1. The highest BCUT2D eigenvalue weighted by atomic mass is 35.5. The minimum atomic E-state index is -0.598. The van der Waals surface area contributed by atoms with Gasteiger partial charge in [-0.3, -0.25) is 9.99 Å². The number of fused-ring (bicyclic) bond motifs is 1. The first-order valence-electron chi connectivity index (χ1n) is 13.7. The van der Waals surface area contributed by atoms with Gasteiger partial charge in [0.1, 0.15) is 13.9 Å². The first kappa shape index (κ1) is 26.1. The van der Waals surface area contributed by atoms with Crippen molar-refractivity contribution in [2.75, 3.05) is 10.6 Å². The number of hydrogen-bond acceptors (Lipinski definition) is 7. The molecule has 1 aliphatic heterocycles. The van der Waals surface area contributed by atoms with Crippen LogP contribution in [0.3, 0.4) is 0 Å². The van der Waals surface area contributed by atoms with Crippen LogP contribution in [0.25, 0.3) is 10.9 Å². The third-order valence-electron chi connectivity index (χ3n) is 7.79. The van der Waals surface area contributed by atoms with E-state index in [1.165, 1.54) is 12.8 Å². The molecule has 0 radical (unpaired) electrons. The van der Waals surface area contributed by atoms with E-state index in [0.717, 1.165) is 40.0 Å². The molecule has 0 amide bonds. The highest BCUT2D eigenvalue weighted by molar-refractivity contribution is 6.36. The maximum absolute atomic E-state index is 10.0. The van der Waals surface area contributed by atoms with Crippen LogP contribution in [-0.4, -0.2) is 23.9 Å². The predicted molar refractivity (Wildman–Crippen MR) is 164 cm³/mol. The van der Waals surface area contributed by atoms with E-state index in [2.05, 4.69) is 82.9 Å². The van der Waals surface area contributed by atoms with Gasteiger partial charge in [-0.15, -0.1) is 5.53 Å². The summed E-state index contributed by atoms with van der Waals surface area (Å²) < 4.78 is 0. The summed E-state index contributed by atoms with van der Waals surface area (Å²) in [5.41, 5.74) is 12.0. The molecule has 2 atom stereocenters. The highest BCUT2D eigenvalue weighted by Gasteiger charge is 2.38. The molecule has 3 aromatic carbocycles. The van der Waals surface area contributed by atoms with Crippen molar-refractivity contribution in [3.63, 3.8) is 0 Å². The normalized spacial score (nSPS) is 16.9. The number of nitrogens with zero attached hydrogens (tertiary/aromatic N) is 3. The molecule has 200 valence electrons. The first-order chi connectivity index (χ1) is 19.5. The van der Waals surface area contributed by atoms with Crippen molar-refractivity contribution < 1.29 is 0 Å². The molecule has 9 heteroatoms. The Bertz CT molecular complexity index is 1600. The monoisotopic (exact) mass is 547 g/mol. The standard InChI is InChI=1S/C31H31BClN7/c1-2-27(20-9-5-3-6-10-20)36-29-21(17-34)18-35-30-25(29)15-23(16-26(30)33)37-31(32,22-11-7-4-8-12-22)28-19-40(39-38-28)24-13-14-24/h3-12,15-16,18-19,24,27,37-39H,2,13-14,32H2,1H3,(H,35,36)/t27-,31?/m1/s1. The molecular formula is C31H31BClN7. The minimum Gasteiger partial charge on any atom is -0.378 e. The van der Waals surface area contributed by atoms with E-state index in [-0.39, 0.29) is 6.04 Å². The molecule has 1 saturated carbocycles. The summed E-state index contributed by atoms with van der Waals surface area (Å²) in [4.78, 5) is 4.56. The molecule has 4 N–H and O–H groups in total. The Kier molecular flexibility index (Phi) is 7.01. The molecule has 1 fully saturated rings. The molecule has 4 aromatic rings. The number of halogens is 1. The van der Waals surface area contributed by atoms with Crippen molar-refractivity contribution in [2.24, 2.45) is 0 Å². The van der Waals surface area contributed by atoms with Crippen molar-refractivity contribution in [3.05, 3.63) is 113 Å². The van der Waals surface area contributed by atoms with E-state index in [9.17, 15) is 5.26 Å². The van der Waals surface area contributed by atoms with E-state index >= 15 is 0 Å².